The molecule has 2 aliphatic rings. The molecule has 1 saturated heterocycles. The number of benzene rings is 2. The SMILES string of the molecule is COc1ccc(-c2noc3ncnc(N4CCC(C(=O)NCc5ccc6c(c5)OCO6)CC4)c23)cc1. The molecule has 0 atom stereocenters. The van der Waals surface area contributed by atoms with E-state index in [9.17, 15) is 4.79 Å². The maximum atomic E-state index is 12.9. The van der Waals surface area contributed by atoms with Crippen molar-refractivity contribution in [2.45, 2.75) is 19.4 Å². The summed E-state index contributed by atoms with van der Waals surface area (Å²) in [5.74, 6) is 2.99. The summed E-state index contributed by atoms with van der Waals surface area (Å²) < 4.78 is 21.5. The first-order chi connectivity index (χ1) is 17.7. The van der Waals surface area contributed by atoms with Crippen molar-refractivity contribution in [3.8, 4) is 28.5 Å². The number of nitrogens with zero attached hydrogens (tertiary/aromatic N) is 4. The number of hydrogen-bond acceptors (Lipinski definition) is 9. The van der Waals surface area contributed by atoms with Crippen molar-refractivity contribution in [3.63, 3.8) is 0 Å². The summed E-state index contributed by atoms with van der Waals surface area (Å²) in [6.07, 6.45) is 2.94. The van der Waals surface area contributed by atoms with Crippen LogP contribution in [0.25, 0.3) is 22.4 Å². The predicted molar refractivity (Wildman–Crippen MR) is 131 cm³/mol. The van der Waals surface area contributed by atoms with Crippen LogP contribution in [-0.2, 0) is 11.3 Å². The molecule has 10 nitrogen and oxygen atoms in total. The first-order valence-electron chi connectivity index (χ1n) is 11.9. The van der Waals surface area contributed by atoms with Gasteiger partial charge in [0.25, 0.3) is 5.71 Å². The highest BCUT2D eigenvalue weighted by molar-refractivity contribution is 5.98. The molecule has 1 amide bonds. The van der Waals surface area contributed by atoms with Gasteiger partial charge in [-0.1, -0.05) is 11.2 Å². The fourth-order valence-electron chi connectivity index (χ4n) is 4.70. The number of anilines is 1. The molecule has 2 aromatic carbocycles. The highest BCUT2D eigenvalue weighted by Crippen LogP contribution is 2.35. The van der Waals surface area contributed by atoms with Crippen LogP contribution in [0.2, 0.25) is 0 Å². The summed E-state index contributed by atoms with van der Waals surface area (Å²) in [6.45, 7) is 2.08. The zero-order valence-electron chi connectivity index (χ0n) is 19.8. The first-order valence-corrected chi connectivity index (χ1v) is 11.9. The fourth-order valence-corrected chi connectivity index (χ4v) is 4.70. The van der Waals surface area contributed by atoms with Crippen LogP contribution in [0.5, 0.6) is 17.2 Å². The number of piperidine rings is 1. The van der Waals surface area contributed by atoms with E-state index in [0.717, 1.165) is 46.7 Å². The number of carbonyl (C=O) groups excluding carboxylic acids is 1. The molecule has 1 N–H and O–H groups in total. The molecule has 0 aliphatic carbocycles. The summed E-state index contributed by atoms with van der Waals surface area (Å²) in [7, 11) is 1.63. The summed E-state index contributed by atoms with van der Waals surface area (Å²) in [5.41, 5.74) is 3.00. The van der Waals surface area contributed by atoms with Gasteiger partial charge in [0.15, 0.2) is 11.5 Å². The molecule has 184 valence electrons. The van der Waals surface area contributed by atoms with Crippen LogP contribution < -0.4 is 24.4 Å². The van der Waals surface area contributed by atoms with Gasteiger partial charge in [-0.2, -0.15) is 4.98 Å². The lowest BCUT2D eigenvalue weighted by Gasteiger charge is -2.32. The molecule has 0 unspecified atom stereocenters. The Morgan fingerprint density at radius 3 is 2.69 bits per heavy atom. The molecule has 0 saturated carbocycles. The summed E-state index contributed by atoms with van der Waals surface area (Å²) in [6, 6.07) is 13.4. The Hall–Kier alpha value is -4.34. The van der Waals surface area contributed by atoms with Crippen molar-refractivity contribution in [3.05, 3.63) is 54.4 Å². The Labute approximate surface area is 207 Å². The number of fused-ring (bicyclic) bond motifs is 2. The van der Waals surface area contributed by atoms with Crippen molar-refractivity contribution in [2.75, 3.05) is 31.9 Å². The van der Waals surface area contributed by atoms with Crippen molar-refractivity contribution in [1.82, 2.24) is 20.4 Å². The molecule has 4 heterocycles. The van der Waals surface area contributed by atoms with Gasteiger partial charge in [-0.3, -0.25) is 4.79 Å². The smallest absolute Gasteiger partial charge is 0.263 e. The number of hydrogen-bond donors (Lipinski definition) is 1. The monoisotopic (exact) mass is 487 g/mol. The predicted octanol–water partition coefficient (Wildman–Crippen LogP) is 3.55. The molecule has 1 fully saturated rings. The minimum Gasteiger partial charge on any atom is -0.497 e. The second-order valence-corrected chi connectivity index (χ2v) is 8.80. The van der Waals surface area contributed by atoms with Gasteiger partial charge >= 0.3 is 0 Å². The number of carbonyl (C=O) groups is 1. The highest BCUT2D eigenvalue weighted by atomic mass is 16.7. The lowest BCUT2D eigenvalue weighted by Crippen LogP contribution is -2.40. The van der Waals surface area contributed by atoms with E-state index in [1.807, 2.05) is 42.5 Å². The highest BCUT2D eigenvalue weighted by Gasteiger charge is 2.28. The Morgan fingerprint density at radius 1 is 1.08 bits per heavy atom. The normalized spacial score (nSPS) is 15.3. The number of rotatable bonds is 6. The average Bonchev–Trinajstić information content (AvgIpc) is 3.59. The van der Waals surface area contributed by atoms with Gasteiger partial charge in [0.05, 0.1) is 7.11 Å². The second-order valence-electron chi connectivity index (χ2n) is 8.80. The molecule has 0 spiro atoms. The van der Waals surface area contributed by atoms with Crippen molar-refractivity contribution in [1.29, 1.82) is 0 Å². The van der Waals surface area contributed by atoms with E-state index in [0.29, 0.717) is 36.8 Å². The van der Waals surface area contributed by atoms with Crippen LogP contribution >= 0.6 is 0 Å². The van der Waals surface area contributed by atoms with Crippen molar-refractivity contribution >= 4 is 22.8 Å². The van der Waals surface area contributed by atoms with Gasteiger partial charge in [0.2, 0.25) is 12.7 Å². The van der Waals surface area contributed by atoms with Crippen LogP contribution in [-0.4, -0.2) is 48.0 Å². The number of nitrogens with one attached hydrogen (secondary N) is 1. The lowest BCUT2D eigenvalue weighted by atomic mass is 9.95. The van der Waals surface area contributed by atoms with Gasteiger partial charge in [-0.25, -0.2) is 4.98 Å². The van der Waals surface area contributed by atoms with Gasteiger partial charge in [-0.05, 0) is 54.8 Å². The van der Waals surface area contributed by atoms with Crippen LogP contribution in [0.15, 0.2) is 53.3 Å². The Morgan fingerprint density at radius 2 is 1.89 bits per heavy atom. The van der Waals surface area contributed by atoms with E-state index in [2.05, 4.69) is 25.3 Å². The third-order valence-corrected chi connectivity index (χ3v) is 6.69. The van der Waals surface area contributed by atoms with Crippen LogP contribution in [0.4, 0.5) is 5.82 Å². The third kappa shape index (κ3) is 4.15. The Balaban J connectivity index is 1.13. The quantitative estimate of drug-likeness (QED) is 0.436. The van der Waals surface area contributed by atoms with Gasteiger partial charge < -0.3 is 29.0 Å². The van der Waals surface area contributed by atoms with E-state index in [1.165, 1.54) is 6.33 Å². The third-order valence-electron chi connectivity index (χ3n) is 6.69. The van der Waals surface area contributed by atoms with Gasteiger partial charge in [0, 0.05) is 31.1 Å². The van der Waals surface area contributed by atoms with Crippen LogP contribution in [0.1, 0.15) is 18.4 Å². The topological polar surface area (TPSA) is 112 Å². The lowest BCUT2D eigenvalue weighted by molar-refractivity contribution is -0.125. The molecule has 6 rings (SSSR count). The zero-order valence-corrected chi connectivity index (χ0v) is 19.8. The first kappa shape index (κ1) is 22.1. The van der Waals surface area contributed by atoms with Gasteiger partial charge in [-0.15, -0.1) is 0 Å². The summed E-state index contributed by atoms with van der Waals surface area (Å²) in [5, 5.41) is 8.11. The van der Waals surface area contributed by atoms with Crippen LogP contribution in [0, 0.1) is 5.92 Å². The minimum absolute atomic E-state index is 0.0591. The number of aromatic nitrogens is 3. The van der Waals surface area contributed by atoms with E-state index in [-0.39, 0.29) is 18.6 Å². The largest absolute Gasteiger partial charge is 0.497 e. The average molecular weight is 488 g/mol. The molecule has 10 heteroatoms. The van der Waals surface area contributed by atoms with Crippen molar-refractivity contribution < 1.29 is 23.5 Å². The van der Waals surface area contributed by atoms with E-state index >= 15 is 0 Å². The molecular weight excluding hydrogens is 462 g/mol. The molecule has 0 radical (unpaired) electrons. The summed E-state index contributed by atoms with van der Waals surface area (Å²) in [4.78, 5) is 23.9. The Kier molecular flexibility index (Phi) is 5.76. The molecule has 36 heavy (non-hydrogen) atoms. The molecular formula is C26H25N5O5. The van der Waals surface area contributed by atoms with Crippen LogP contribution in [0.3, 0.4) is 0 Å². The second kappa shape index (κ2) is 9.37. The fraction of sp³-hybridized carbons (Fsp3) is 0.308. The Bertz CT molecular complexity index is 1400. The van der Waals surface area contributed by atoms with Gasteiger partial charge in [0.1, 0.15) is 29.0 Å². The zero-order chi connectivity index (χ0) is 24.5. The standard InChI is InChI=1S/C26H25N5O5/c1-33-19-5-3-17(4-6-19)23-22-24(28-14-29-26(22)36-30-23)31-10-8-18(9-11-31)25(32)27-13-16-2-7-20-21(12-16)35-15-34-20/h2-7,12,14,18H,8-11,13,15H2,1H3,(H,27,32). The number of ether oxygens (including phenoxy) is 3. The van der Waals surface area contributed by atoms with E-state index < -0.39 is 0 Å². The minimum atomic E-state index is -0.0591. The number of methoxy groups -OCH3 is 1. The van der Waals surface area contributed by atoms with Crippen molar-refractivity contribution in [2.24, 2.45) is 5.92 Å². The molecule has 4 aromatic rings. The van der Waals surface area contributed by atoms with E-state index in [4.69, 9.17) is 18.7 Å². The summed E-state index contributed by atoms with van der Waals surface area (Å²) >= 11 is 0. The molecule has 0 bridgehead atoms. The van der Waals surface area contributed by atoms with E-state index in [1.54, 1.807) is 7.11 Å². The molecule has 2 aliphatic heterocycles. The number of amides is 1. The maximum absolute atomic E-state index is 12.9. The molecule has 2 aromatic heterocycles. The maximum Gasteiger partial charge on any atom is 0.263 e.